The molecule has 0 amide bonds. The molecule has 1 aliphatic heterocycles. The van der Waals surface area contributed by atoms with Crippen molar-refractivity contribution < 1.29 is 11.3 Å². The van der Waals surface area contributed by atoms with E-state index in [1.807, 2.05) is 12.1 Å². The van der Waals surface area contributed by atoms with Gasteiger partial charge < -0.3 is 4.43 Å². The van der Waals surface area contributed by atoms with Gasteiger partial charge in [0.05, 0.1) is 5.69 Å². The van der Waals surface area contributed by atoms with Crippen LogP contribution >= 0.6 is 0 Å². The first-order valence-electron chi connectivity index (χ1n) is 14.9. The maximum atomic E-state index is 8.95. The van der Waals surface area contributed by atoms with Crippen LogP contribution in [0.15, 0.2) is 79.0 Å². The van der Waals surface area contributed by atoms with Crippen molar-refractivity contribution in [3.8, 4) is 28.1 Å². The fraction of sp³-hybridized carbons (Fsp3) is 0.242. The van der Waals surface area contributed by atoms with E-state index in [1.54, 1.807) is 26.8 Å². The van der Waals surface area contributed by atoms with Gasteiger partial charge in [-0.15, -0.1) is 0 Å². The number of aryl methyl sites for hydroxylation is 1. The van der Waals surface area contributed by atoms with Crippen LogP contribution in [0.1, 0.15) is 38.8 Å². The number of hydrogen-bond donors (Lipinski definition) is 0. The summed E-state index contributed by atoms with van der Waals surface area (Å²) in [7, 11) is -2.52. The molecule has 0 atom stereocenters. The lowest BCUT2D eigenvalue weighted by Crippen LogP contribution is -2.51. The van der Waals surface area contributed by atoms with Crippen LogP contribution < -0.4 is 9.61 Å². The van der Waals surface area contributed by atoms with Crippen LogP contribution in [0.2, 0.25) is 13.1 Å². The number of benzene rings is 4. The molecule has 1 aromatic heterocycles. The number of fused-ring (bicyclic) bond motifs is 7. The summed E-state index contributed by atoms with van der Waals surface area (Å²) >= 11 is 0. The molecule has 0 fully saturated rings. The smallest absolute Gasteiger partial charge is 0.278 e. The van der Waals surface area contributed by atoms with Crippen LogP contribution in [0.4, 0.5) is 0 Å². The normalized spacial score (nSPS) is 17.2. The molecule has 0 radical (unpaired) electrons. The highest BCUT2D eigenvalue weighted by Gasteiger charge is 2.39. The Hall–Kier alpha value is -3.43. The van der Waals surface area contributed by atoms with E-state index in [4.69, 9.17) is 11.3 Å². The number of pyridine rings is 1. The highest BCUT2D eigenvalue weighted by Crippen LogP contribution is 2.45. The summed E-state index contributed by atoms with van der Waals surface area (Å²) in [5.74, 6) is 0.715. The monoisotopic (exact) mass is 492 g/mol. The van der Waals surface area contributed by atoms with E-state index in [1.165, 1.54) is 32.9 Å². The quantitative estimate of drug-likeness (QED) is 0.182. The van der Waals surface area contributed by atoms with Crippen LogP contribution in [0.25, 0.3) is 43.9 Å². The molecule has 3 heteroatoms. The van der Waals surface area contributed by atoms with Gasteiger partial charge in [-0.3, -0.25) is 4.98 Å². The summed E-state index contributed by atoms with van der Waals surface area (Å²) < 4.78 is 49.1. The second-order valence-electron chi connectivity index (χ2n) is 11.2. The molecule has 0 unspecified atom stereocenters. The molecule has 0 spiro atoms. The van der Waals surface area contributed by atoms with Crippen molar-refractivity contribution in [2.24, 2.45) is 5.41 Å². The zero-order valence-electron chi connectivity index (χ0n) is 26.4. The lowest BCUT2D eigenvalue weighted by atomic mass is 9.86. The van der Waals surface area contributed by atoms with E-state index >= 15 is 0 Å². The van der Waals surface area contributed by atoms with E-state index in [-0.39, 0.29) is 11.1 Å². The minimum Gasteiger partial charge on any atom is -0.539 e. The Morgan fingerprint density at radius 2 is 1.64 bits per heavy atom. The molecule has 0 aliphatic carbocycles. The van der Waals surface area contributed by atoms with Crippen LogP contribution in [0.5, 0.6) is 5.75 Å². The first-order valence-corrected chi connectivity index (χ1v) is 15.3. The Kier molecular flexibility index (Phi) is 4.00. The predicted molar refractivity (Wildman–Crippen MR) is 156 cm³/mol. The molecular weight excluding hydrogens is 454 g/mol. The highest BCUT2D eigenvalue weighted by atomic mass is 28.4. The summed E-state index contributed by atoms with van der Waals surface area (Å²) in [6.45, 7) is 7.27. The zero-order valence-corrected chi connectivity index (χ0v) is 22.4. The van der Waals surface area contributed by atoms with Gasteiger partial charge in [-0.1, -0.05) is 81.4 Å². The van der Waals surface area contributed by atoms with Gasteiger partial charge in [0, 0.05) is 24.2 Å². The molecule has 0 saturated heterocycles. The molecule has 0 saturated carbocycles. The number of aromatic nitrogens is 1. The Bertz CT molecular complexity index is 1850. The third-order valence-electron chi connectivity index (χ3n) is 6.86. The van der Waals surface area contributed by atoms with Crippen LogP contribution in [0, 0.1) is 12.3 Å². The Morgan fingerprint density at radius 3 is 2.44 bits per heavy atom. The number of para-hydroxylation sites is 1. The maximum absolute atomic E-state index is 8.95. The average Bonchev–Trinajstić information content (AvgIpc) is 2.90. The number of hydrogen-bond acceptors (Lipinski definition) is 2. The molecular formula is C33H33NOSi. The van der Waals surface area contributed by atoms with Crippen LogP contribution in [-0.2, 0) is 6.37 Å². The largest absolute Gasteiger partial charge is 0.539 e. The predicted octanol–water partition coefficient (Wildman–Crippen LogP) is 8.42. The molecule has 0 N–H and O–H groups in total. The van der Waals surface area contributed by atoms with Crippen molar-refractivity contribution >= 4 is 35.0 Å². The minimum absolute atomic E-state index is 0.0645. The van der Waals surface area contributed by atoms with Gasteiger partial charge in [-0.2, -0.15) is 0 Å². The molecule has 2 heterocycles. The Morgan fingerprint density at radius 1 is 0.889 bits per heavy atom. The van der Waals surface area contributed by atoms with E-state index in [9.17, 15) is 0 Å². The van der Waals surface area contributed by atoms with E-state index in [2.05, 4.69) is 72.7 Å². The summed E-state index contributed by atoms with van der Waals surface area (Å²) in [4.78, 5) is 4.58. The SMILES string of the molecule is [2H]C([2H])([2H])c1cnc(-c2cccc3c2O[Si](C)(C)c2c-3ccc3ccc4ccccc4c23)cc1C([2H])([2H])C(C)(C)C. The molecule has 0 bridgehead atoms. The Labute approximate surface area is 222 Å². The summed E-state index contributed by atoms with van der Waals surface area (Å²) in [5, 5.41) is 6.07. The van der Waals surface area contributed by atoms with Crippen molar-refractivity contribution in [2.75, 3.05) is 0 Å². The first kappa shape index (κ1) is 17.9. The number of nitrogens with zero attached hydrogens (tertiary/aromatic N) is 1. The lowest BCUT2D eigenvalue weighted by Gasteiger charge is -2.35. The van der Waals surface area contributed by atoms with Crippen LogP contribution in [-0.4, -0.2) is 13.3 Å². The second kappa shape index (κ2) is 8.04. The first-order chi connectivity index (χ1) is 19.1. The van der Waals surface area contributed by atoms with Gasteiger partial charge in [0.15, 0.2) is 0 Å². The molecule has 6 rings (SSSR count). The van der Waals surface area contributed by atoms with Crippen molar-refractivity contribution in [3.63, 3.8) is 0 Å². The summed E-state index contributed by atoms with van der Waals surface area (Å²) in [5.41, 5.74) is 2.56. The highest BCUT2D eigenvalue weighted by molar-refractivity contribution is 6.89. The second-order valence-corrected chi connectivity index (χ2v) is 14.9. The summed E-state index contributed by atoms with van der Waals surface area (Å²) in [6, 6.07) is 24.7. The molecule has 4 aromatic carbocycles. The van der Waals surface area contributed by atoms with Gasteiger partial charge in [0.25, 0.3) is 8.32 Å². The minimum atomic E-state index is -2.52. The van der Waals surface area contributed by atoms with Crippen molar-refractivity contribution in [3.05, 3.63) is 90.1 Å². The van der Waals surface area contributed by atoms with Gasteiger partial charge in [-0.05, 0) is 87.3 Å². The third kappa shape index (κ3) is 3.74. The lowest BCUT2D eigenvalue weighted by molar-refractivity contribution is 0.410. The van der Waals surface area contributed by atoms with Gasteiger partial charge in [0.1, 0.15) is 5.75 Å². The third-order valence-corrected chi connectivity index (χ3v) is 9.30. The van der Waals surface area contributed by atoms with Gasteiger partial charge in [-0.25, -0.2) is 0 Å². The van der Waals surface area contributed by atoms with Crippen molar-refractivity contribution in [1.29, 1.82) is 0 Å². The van der Waals surface area contributed by atoms with Crippen molar-refractivity contribution in [1.82, 2.24) is 4.98 Å². The van der Waals surface area contributed by atoms with Crippen molar-refractivity contribution in [2.45, 2.75) is 47.1 Å². The molecule has 2 nitrogen and oxygen atoms in total. The Balaban J connectivity index is 1.62. The van der Waals surface area contributed by atoms with E-state index in [0.717, 1.165) is 16.7 Å². The maximum Gasteiger partial charge on any atom is 0.278 e. The van der Waals surface area contributed by atoms with Gasteiger partial charge in [0.2, 0.25) is 0 Å². The van der Waals surface area contributed by atoms with Gasteiger partial charge >= 0.3 is 0 Å². The standard InChI is InChI=1S/C33H33NOSi/c1-21-20-34-29(18-24(21)19-33(2,3)4)28-13-9-12-26-27-17-16-23-15-14-22-10-7-8-11-25(22)30(23)32(27)36(5,6)35-31(26)28/h7-18,20H,19H2,1-6H3/i1D3,19D2. The summed E-state index contributed by atoms with van der Waals surface area (Å²) in [6.07, 6.45) is -0.593. The molecule has 36 heavy (non-hydrogen) atoms. The number of rotatable bonds is 2. The van der Waals surface area contributed by atoms with E-state index in [0.29, 0.717) is 11.4 Å². The fourth-order valence-corrected chi connectivity index (χ4v) is 8.00. The average molecular weight is 493 g/mol. The molecule has 180 valence electrons. The molecule has 1 aliphatic rings. The van der Waals surface area contributed by atoms with E-state index < -0.39 is 27.0 Å². The molecule has 5 aromatic rings. The van der Waals surface area contributed by atoms with Crippen LogP contribution in [0.3, 0.4) is 0 Å². The zero-order chi connectivity index (χ0) is 29.5. The fourth-order valence-electron chi connectivity index (χ4n) is 5.42. The topological polar surface area (TPSA) is 22.1 Å².